The number of ether oxygens (including phenoxy) is 1. The molecular weight excluding hydrogens is 351 g/mol. The molecule has 27 heavy (non-hydrogen) atoms. The fourth-order valence-electron chi connectivity index (χ4n) is 3.05. The summed E-state index contributed by atoms with van der Waals surface area (Å²) >= 11 is 0. The standard InChI is InChI=1S/C19H17FN4O3/c1-2-11-27-19(26)24-18(25)23-16-6-4-3-5-15(16)21-17(23)12-22(24)14-9-7-13(20)8-10-14/h3-10H,2,11-12H2,1H3. The van der Waals surface area contributed by atoms with Crippen LogP contribution >= 0.6 is 0 Å². The number of amides is 2. The molecule has 2 heterocycles. The third-order valence-electron chi connectivity index (χ3n) is 4.26. The Hall–Kier alpha value is -3.42. The van der Waals surface area contributed by atoms with Gasteiger partial charge in [0.25, 0.3) is 0 Å². The third-order valence-corrected chi connectivity index (χ3v) is 4.26. The Morgan fingerprint density at radius 2 is 1.93 bits per heavy atom. The Kier molecular flexibility index (Phi) is 4.23. The number of hydrazine groups is 1. The van der Waals surface area contributed by atoms with Crippen LogP contribution in [0.1, 0.15) is 19.2 Å². The summed E-state index contributed by atoms with van der Waals surface area (Å²) in [5, 5.41) is 2.38. The van der Waals surface area contributed by atoms with Gasteiger partial charge in [-0.2, -0.15) is 0 Å². The van der Waals surface area contributed by atoms with E-state index in [1.807, 2.05) is 13.0 Å². The first-order valence-corrected chi connectivity index (χ1v) is 8.60. The van der Waals surface area contributed by atoms with Gasteiger partial charge in [-0.1, -0.05) is 19.1 Å². The normalized spacial score (nSPS) is 13.8. The van der Waals surface area contributed by atoms with E-state index in [0.29, 0.717) is 29.0 Å². The fraction of sp³-hybridized carbons (Fsp3) is 0.211. The van der Waals surface area contributed by atoms with Crippen LogP contribution in [0.4, 0.5) is 19.7 Å². The molecule has 0 atom stereocenters. The second-order valence-electron chi connectivity index (χ2n) is 6.09. The van der Waals surface area contributed by atoms with E-state index in [4.69, 9.17) is 4.74 Å². The van der Waals surface area contributed by atoms with E-state index < -0.39 is 17.9 Å². The van der Waals surface area contributed by atoms with Crippen molar-refractivity contribution >= 4 is 28.8 Å². The number of nitrogens with zero attached hydrogens (tertiary/aromatic N) is 4. The van der Waals surface area contributed by atoms with Crippen LogP contribution in [-0.4, -0.2) is 33.3 Å². The Balaban J connectivity index is 1.82. The van der Waals surface area contributed by atoms with E-state index in [-0.39, 0.29) is 13.2 Å². The van der Waals surface area contributed by atoms with Gasteiger partial charge in [-0.15, -0.1) is 5.01 Å². The second kappa shape index (κ2) is 6.71. The molecule has 1 aromatic heterocycles. The number of benzene rings is 2. The number of rotatable bonds is 3. The summed E-state index contributed by atoms with van der Waals surface area (Å²) in [5.41, 5.74) is 1.75. The first-order chi connectivity index (χ1) is 13.1. The van der Waals surface area contributed by atoms with Crippen molar-refractivity contribution in [3.63, 3.8) is 0 Å². The van der Waals surface area contributed by atoms with Gasteiger partial charge in [0.15, 0.2) is 0 Å². The smallest absolute Gasteiger partial charge is 0.437 e. The molecule has 0 fully saturated rings. The number of hydrogen-bond donors (Lipinski definition) is 0. The Morgan fingerprint density at radius 1 is 1.19 bits per heavy atom. The summed E-state index contributed by atoms with van der Waals surface area (Å²) in [4.78, 5) is 30.3. The lowest BCUT2D eigenvalue weighted by molar-refractivity contribution is 0.102. The van der Waals surface area contributed by atoms with Crippen molar-refractivity contribution < 1.29 is 18.7 Å². The van der Waals surface area contributed by atoms with Crippen LogP contribution in [0.3, 0.4) is 0 Å². The first-order valence-electron chi connectivity index (χ1n) is 8.60. The quantitative estimate of drug-likeness (QED) is 0.701. The van der Waals surface area contributed by atoms with Gasteiger partial charge in [-0.25, -0.2) is 23.5 Å². The number of anilines is 1. The van der Waals surface area contributed by atoms with Gasteiger partial charge in [0.1, 0.15) is 11.6 Å². The van der Waals surface area contributed by atoms with Crippen LogP contribution in [0.15, 0.2) is 48.5 Å². The zero-order chi connectivity index (χ0) is 19.0. The molecule has 0 unspecified atom stereocenters. The van der Waals surface area contributed by atoms with Crippen molar-refractivity contribution in [1.29, 1.82) is 0 Å². The van der Waals surface area contributed by atoms with Crippen LogP contribution < -0.4 is 5.01 Å². The van der Waals surface area contributed by atoms with Crippen LogP contribution in [0.25, 0.3) is 11.0 Å². The molecule has 0 aliphatic carbocycles. The van der Waals surface area contributed by atoms with Gasteiger partial charge >= 0.3 is 12.1 Å². The minimum Gasteiger partial charge on any atom is -0.448 e. The zero-order valence-corrected chi connectivity index (χ0v) is 14.6. The predicted molar refractivity (Wildman–Crippen MR) is 96.6 cm³/mol. The van der Waals surface area contributed by atoms with E-state index in [9.17, 15) is 14.0 Å². The van der Waals surface area contributed by atoms with Gasteiger partial charge in [-0.05, 0) is 42.8 Å². The molecule has 4 rings (SSSR count). The average molecular weight is 368 g/mol. The lowest BCUT2D eigenvalue weighted by Crippen LogP contribution is -2.55. The van der Waals surface area contributed by atoms with E-state index >= 15 is 0 Å². The summed E-state index contributed by atoms with van der Waals surface area (Å²) in [5.74, 6) is 0.0829. The summed E-state index contributed by atoms with van der Waals surface area (Å²) in [7, 11) is 0. The van der Waals surface area contributed by atoms with Crippen molar-refractivity contribution in [2.24, 2.45) is 0 Å². The first kappa shape index (κ1) is 17.0. The largest absolute Gasteiger partial charge is 0.448 e. The molecule has 2 aromatic carbocycles. The minimum absolute atomic E-state index is 0.160. The monoisotopic (exact) mass is 368 g/mol. The zero-order valence-electron chi connectivity index (χ0n) is 14.6. The molecular formula is C19H17FN4O3. The highest BCUT2D eigenvalue weighted by Gasteiger charge is 2.38. The highest BCUT2D eigenvalue weighted by molar-refractivity contribution is 6.00. The fourth-order valence-corrected chi connectivity index (χ4v) is 3.05. The third kappa shape index (κ3) is 2.88. The van der Waals surface area contributed by atoms with Crippen molar-refractivity contribution in [1.82, 2.24) is 14.6 Å². The maximum absolute atomic E-state index is 13.3. The average Bonchev–Trinajstić information content (AvgIpc) is 3.05. The molecule has 0 saturated carbocycles. The van der Waals surface area contributed by atoms with E-state index in [0.717, 1.165) is 5.01 Å². The molecule has 0 N–H and O–H groups in total. The van der Waals surface area contributed by atoms with Gasteiger partial charge in [-0.3, -0.25) is 5.01 Å². The van der Waals surface area contributed by atoms with E-state index in [2.05, 4.69) is 4.98 Å². The molecule has 2 amide bonds. The van der Waals surface area contributed by atoms with Crippen LogP contribution in [0, 0.1) is 5.82 Å². The SMILES string of the molecule is CCCOC(=O)N1C(=O)n2c(nc3ccccc32)CN1c1ccc(F)cc1. The number of imide groups is 1. The predicted octanol–water partition coefficient (Wildman–Crippen LogP) is 3.93. The number of carbonyl (C=O) groups excluding carboxylic acids is 2. The van der Waals surface area contributed by atoms with Crippen molar-refractivity contribution in [2.75, 3.05) is 11.6 Å². The number of aromatic nitrogens is 2. The van der Waals surface area contributed by atoms with Crippen molar-refractivity contribution in [3.05, 3.63) is 60.2 Å². The molecule has 0 spiro atoms. The molecule has 1 aliphatic heterocycles. The molecule has 138 valence electrons. The molecule has 1 aliphatic rings. The summed E-state index contributed by atoms with van der Waals surface area (Å²) in [6.07, 6.45) is -0.154. The maximum atomic E-state index is 13.3. The molecule has 3 aromatic rings. The minimum atomic E-state index is -0.783. The number of carbonyl (C=O) groups is 2. The number of halogens is 1. The molecule has 8 heteroatoms. The van der Waals surface area contributed by atoms with Crippen molar-refractivity contribution in [2.45, 2.75) is 19.9 Å². The van der Waals surface area contributed by atoms with Crippen LogP contribution in [0.2, 0.25) is 0 Å². The van der Waals surface area contributed by atoms with Crippen LogP contribution in [0.5, 0.6) is 0 Å². The molecule has 0 saturated heterocycles. The van der Waals surface area contributed by atoms with Gasteiger partial charge < -0.3 is 4.74 Å². The van der Waals surface area contributed by atoms with Crippen molar-refractivity contribution in [3.8, 4) is 0 Å². The molecule has 0 bridgehead atoms. The second-order valence-corrected chi connectivity index (χ2v) is 6.09. The number of fused-ring (bicyclic) bond motifs is 3. The van der Waals surface area contributed by atoms with Crippen LogP contribution in [-0.2, 0) is 11.3 Å². The molecule has 0 radical (unpaired) electrons. The number of imidazole rings is 1. The molecule has 7 nitrogen and oxygen atoms in total. The Morgan fingerprint density at radius 3 is 2.67 bits per heavy atom. The Bertz CT molecular complexity index is 1020. The lowest BCUT2D eigenvalue weighted by atomic mass is 10.3. The van der Waals surface area contributed by atoms with E-state index in [1.54, 1.807) is 18.2 Å². The highest BCUT2D eigenvalue weighted by atomic mass is 19.1. The lowest BCUT2D eigenvalue weighted by Gasteiger charge is -2.37. The van der Waals surface area contributed by atoms with Gasteiger partial charge in [0.2, 0.25) is 0 Å². The highest BCUT2D eigenvalue weighted by Crippen LogP contribution is 2.28. The summed E-state index contributed by atoms with van der Waals surface area (Å²) in [6, 6.07) is 12.2. The number of para-hydroxylation sites is 2. The topological polar surface area (TPSA) is 67.7 Å². The Labute approximate surface area is 154 Å². The van der Waals surface area contributed by atoms with Gasteiger partial charge in [0, 0.05) is 0 Å². The summed E-state index contributed by atoms with van der Waals surface area (Å²) < 4.78 is 19.9. The summed E-state index contributed by atoms with van der Waals surface area (Å²) in [6.45, 7) is 2.22. The van der Waals surface area contributed by atoms with E-state index in [1.165, 1.54) is 33.8 Å². The van der Waals surface area contributed by atoms with Gasteiger partial charge in [0.05, 0.1) is 29.9 Å². The number of hydrogen-bond acceptors (Lipinski definition) is 5. The maximum Gasteiger partial charge on any atom is 0.437 e.